The first-order chi connectivity index (χ1) is 7.86. The summed E-state index contributed by atoms with van der Waals surface area (Å²) in [5.41, 5.74) is 1.19. The largest absolute Gasteiger partial charge is 0 e. The topological polar surface area (TPSA) is 68.9 Å². The van der Waals surface area contributed by atoms with Gasteiger partial charge in [-0.15, -0.1) is 6.58 Å². The molecule has 0 N–H and O–H groups in total. The van der Waals surface area contributed by atoms with E-state index in [1.165, 1.54) is 5.57 Å². The summed E-state index contributed by atoms with van der Waals surface area (Å²) in [4.78, 5) is 0. The van der Waals surface area contributed by atoms with Crippen molar-refractivity contribution in [3.8, 4) is 0 Å². The van der Waals surface area contributed by atoms with Gasteiger partial charge in [0.25, 0.3) is 0 Å². The van der Waals surface area contributed by atoms with Gasteiger partial charge in [0, 0.05) is 17.1 Å². The molecule has 0 amide bonds. The molecule has 0 saturated heterocycles. The fourth-order valence-electron chi connectivity index (χ4n) is 0.966. The average Bonchev–Trinajstić information content (AvgIpc) is 2.85. The standard InChI is InChI=1S/C9H12O.3CO.Fe/c1-3-5-9-6-8(4-2)7-10-9;3*1-2;/h3-4,6,9H,1-2,5,7H2;;;;/t9-;;;;/m0..../s1. The summed E-state index contributed by atoms with van der Waals surface area (Å²) in [5, 5.41) is 0. The number of hydrogen-bond acceptors (Lipinski definition) is 1. The van der Waals surface area contributed by atoms with Gasteiger partial charge in [-0.3, -0.25) is 0 Å². The maximum Gasteiger partial charge on any atom is 0 e. The molecule has 1 heterocycles. The van der Waals surface area contributed by atoms with Crippen LogP contribution in [0.4, 0.5) is 0 Å². The Balaban J connectivity index is -0.000000106. The van der Waals surface area contributed by atoms with E-state index in [4.69, 9.17) is 18.7 Å². The van der Waals surface area contributed by atoms with Gasteiger partial charge in [0.15, 0.2) is 0 Å². The van der Waals surface area contributed by atoms with Crippen molar-refractivity contribution in [2.24, 2.45) is 0 Å². The zero-order valence-corrected chi connectivity index (χ0v) is 10.2. The van der Waals surface area contributed by atoms with Crippen molar-refractivity contribution in [2.45, 2.75) is 12.5 Å². The van der Waals surface area contributed by atoms with Crippen LogP contribution >= 0.6 is 0 Å². The second-order valence-electron chi connectivity index (χ2n) is 2.32. The van der Waals surface area contributed by atoms with E-state index in [-0.39, 0.29) is 23.2 Å². The quantitative estimate of drug-likeness (QED) is 0.336. The first-order valence-electron chi connectivity index (χ1n) is 4.03. The van der Waals surface area contributed by atoms with Gasteiger partial charge in [-0.1, -0.05) is 24.8 Å². The van der Waals surface area contributed by atoms with E-state index in [9.17, 15) is 0 Å². The average molecular weight is 276 g/mol. The second-order valence-corrected chi connectivity index (χ2v) is 2.32. The summed E-state index contributed by atoms with van der Waals surface area (Å²) in [7, 11) is 0. The Bertz CT molecular complexity index is 262. The molecule has 5 heteroatoms. The van der Waals surface area contributed by atoms with Crippen molar-refractivity contribution in [3.05, 3.63) is 56.9 Å². The predicted octanol–water partition coefficient (Wildman–Crippen LogP) is 1.96. The van der Waals surface area contributed by atoms with Crippen molar-refractivity contribution in [1.29, 1.82) is 0 Å². The molecular formula is C12H12FeO4. The van der Waals surface area contributed by atoms with Gasteiger partial charge >= 0.3 is 33.9 Å². The summed E-state index contributed by atoms with van der Waals surface area (Å²) >= 11 is 0. The van der Waals surface area contributed by atoms with Crippen LogP contribution in [0.15, 0.2) is 37.0 Å². The third-order valence-corrected chi connectivity index (χ3v) is 1.53. The number of hydrogen-bond donors (Lipinski definition) is 0. The molecule has 0 saturated carbocycles. The van der Waals surface area contributed by atoms with Gasteiger partial charge in [-0.25, -0.2) is 0 Å². The Hall–Kier alpha value is -1.08. The molecule has 0 aromatic heterocycles. The summed E-state index contributed by atoms with van der Waals surface area (Å²) in [6, 6.07) is 0. The van der Waals surface area contributed by atoms with Crippen LogP contribution in [0.1, 0.15) is 6.42 Å². The van der Waals surface area contributed by atoms with E-state index in [1.807, 2.05) is 12.2 Å². The van der Waals surface area contributed by atoms with Crippen molar-refractivity contribution >= 4 is 0 Å². The Morgan fingerprint density at radius 2 is 1.71 bits per heavy atom. The molecule has 0 fully saturated rings. The van der Waals surface area contributed by atoms with E-state index in [1.54, 1.807) is 0 Å². The molecule has 0 aliphatic carbocycles. The summed E-state index contributed by atoms with van der Waals surface area (Å²) in [6.45, 7) is 21.5. The third-order valence-electron chi connectivity index (χ3n) is 1.53. The van der Waals surface area contributed by atoms with Crippen molar-refractivity contribution < 1.29 is 35.8 Å². The van der Waals surface area contributed by atoms with Crippen LogP contribution in [0.25, 0.3) is 0 Å². The number of rotatable bonds is 3. The normalized spacial score (nSPS) is 14.5. The fourth-order valence-corrected chi connectivity index (χ4v) is 0.966. The molecule has 0 aromatic rings. The second kappa shape index (κ2) is 24.2. The van der Waals surface area contributed by atoms with E-state index in [2.05, 4.69) is 39.2 Å². The zero-order chi connectivity index (χ0) is 13.4. The van der Waals surface area contributed by atoms with Crippen LogP contribution in [-0.2, 0) is 35.8 Å². The molecule has 0 bridgehead atoms. The molecule has 0 radical (unpaired) electrons. The number of ether oxygens (including phenoxy) is 1. The SMILES string of the molecule is C=CC[C@H]1C=C(C=C)CO1.[C-]#[O+].[C-]#[O+].[C-]#[O+].[Fe]. The maximum atomic E-state index is 7.50. The van der Waals surface area contributed by atoms with Gasteiger partial charge in [-0.05, 0) is 12.0 Å². The molecular weight excluding hydrogens is 264 g/mol. The Labute approximate surface area is 112 Å². The summed E-state index contributed by atoms with van der Waals surface area (Å²) in [6.07, 6.45) is 6.94. The van der Waals surface area contributed by atoms with Crippen molar-refractivity contribution in [2.75, 3.05) is 6.61 Å². The zero-order valence-electron chi connectivity index (χ0n) is 9.12. The fraction of sp³-hybridized carbons (Fsp3) is 0.250. The molecule has 17 heavy (non-hydrogen) atoms. The maximum absolute atomic E-state index is 7.50. The van der Waals surface area contributed by atoms with Crippen molar-refractivity contribution in [1.82, 2.24) is 0 Å². The minimum absolute atomic E-state index is 0. The Morgan fingerprint density at radius 1 is 1.24 bits per heavy atom. The monoisotopic (exact) mass is 276 g/mol. The molecule has 1 aliphatic rings. The molecule has 92 valence electrons. The Morgan fingerprint density at radius 3 is 2.00 bits per heavy atom. The molecule has 1 atom stereocenters. The molecule has 0 spiro atoms. The van der Waals surface area contributed by atoms with Crippen LogP contribution in [0.3, 0.4) is 0 Å². The molecule has 1 aliphatic heterocycles. The van der Waals surface area contributed by atoms with Gasteiger partial charge in [0.2, 0.25) is 0 Å². The van der Waals surface area contributed by atoms with Crippen LogP contribution in [0.5, 0.6) is 0 Å². The predicted molar refractivity (Wildman–Crippen MR) is 54.6 cm³/mol. The molecule has 0 unspecified atom stereocenters. The van der Waals surface area contributed by atoms with E-state index >= 15 is 0 Å². The van der Waals surface area contributed by atoms with E-state index in [0.29, 0.717) is 6.61 Å². The van der Waals surface area contributed by atoms with Crippen LogP contribution in [-0.4, -0.2) is 12.7 Å². The first-order valence-corrected chi connectivity index (χ1v) is 4.03. The van der Waals surface area contributed by atoms with E-state index in [0.717, 1.165) is 6.42 Å². The van der Waals surface area contributed by atoms with Gasteiger partial charge in [0.1, 0.15) is 0 Å². The Kier molecular flexibility index (Phi) is 35.6. The summed E-state index contributed by atoms with van der Waals surface area (Å²) in [5.74, 6) is 0. The van der Waals surface area contributed by atoms with E-state index < -0.39 is 0 Å². The van der Waals surface area contributed by atoms with Crippen molar-refractivity contribution in [3.63, 3.8) is 0 Å². The van der Waals surface area contributed by atoms with Gasteiger partial charge in [0.05, 0.1) is 12.7 Å². The molecule has 1 rings (SSSR count). The minimum atomic E-state index is 0. The first kappa shape index (κ1) is 24.9. The molecule has 4 nitrogen and oxygen atoms in total. The smallest absolute Gasteiger partial charge is 0 e. The summed E-state index contributed by atoms with van der Waals surface area (Å²) < 4.78 is 27.9. The van der Waals surface area contributed by atoms with Gasteiger partial charge < -0.3 is 4.74 Å². The molecule has 0 aromatic carbocycles. The van der Waals surface area contributed by atoms with Crippen LogP contribution in [0, 0.1) is 20.0 Å². The minimum Gasteiger partial charge on any atom is 0 e. The van der Waals surface area contributed by atoms with Crippen LogP contribution in [0.2, 0.25) is 0 Å². The van der Waals surface area contributed by atoms with Crippen LogP contribution < -0.4 is 0 Å². The van der Waals surface area contributed by atoms with Gasteiger partial charge in [-0.2, -0.15) is 0 Å². The third kappa shape index (κ3) is 14.9.